The Bertz CT molecular complexity index is 684. The lowest BCUT2D eigenvalue weighted by Gasteiger charge is -2.33. The lowest BCUT2D eigenvalue weighted by atomic mass is 9.78. The van der Waals surface area contributed by atoms with Gasteiger partial charge in [0.05, 0.1) is 6.61 Å². The molecular formula is C20H24O. The minimum atomic E-state index is 0.442. The highest BCUT2D eigenvalue weighted by atomic mass is 16.5. The Hall–Kier alpha value is -1.76. The topological polar surface area (TPSA) is 9.23 Å². The van der Waals surface area contributed by atoms with Crippen molar-refractivity contribution in [2.75, 3.05) is 6.61 Å². The summed E-state index contributed by atoms with van der Waals surface area (Å²) in [6, 6.07) is 10.8. The van der Waals surface area contributed by atoms with Crippen LogP contribution in [0.4, 0.5) is 0 Å². The summed E-state index contributed by atoms with van der Waals surface area (Å²) in [4.78, 5) is 0. The molecule has 0 saturated carbocycles. The largest absolute Gasteiger partial charge is 0.493 e. The van der Waals surface area contributed by atoms with Crippen LogP contribution in [-0.4, -0.2) is 6.61 Å². The molecule has 0 aromatic heterocycles. The van der Waals surface area contributed by atoms with Gasteiger partial charge in [-0.25, -0.2) is 0 Å². The lowest BCUT2D eigenvalue weighted by molar-refractivity contribution is 0.243. The van der Waals surface area contributed by atoms with Gasteiger partial charge in [0.15, 0.2) is 0 Å². The average Bonchev–Trinajstić information content (AvgIpc) is 2.50. The fraction of sp³-hybridized carbons (Fsp3) is 0.400. The normalized spacial score (nSPS) is 20.8. The van der Waals surface area contributed by atoms with E-state index in [0.29, 0.717) is 11.8 Å². The van der Waals surface area contributed by atoms with Gasteiger partial charge in [0.1, 0.15) is 5.75 Å². The minimum Gasteiger partial charge on any atom is -0.493 e. The second kappa shape index (κ2) is 5.22. The van der Waals surface area contributed by atoms with E-state index in [1.54, 1.807) is 0 Å². The second-order valence-electron chi connectivity index (χ2n) is 6.40. The number of benzene rings is 2. The molecule has 2 aromatic rings. The highest BCUT2D eigenvalue weighted by Gasteiger charge is 2.30. The molecule has 0 aliphatic carbocycles. The Kier molecular flexibility index (Phi) is 3.52. The fourth-order valence-electron chi connectivity index (χ4n) is 3.52. The fourth-order valence-corrected chi connectivity index (χ4v) is 3.52. The van der Waals surface area contributed by atoms with Crippen LogP contribution in [0.15, 0.2) is 30.3 Å². The molecule has 0 spiro atoms. The Morgan fingerprint density at radius 2 is 1.62 bits per heavy atom. The van der Waals surface area contributed by atoms with Crippen LogP contribution in [0, 0.1) is 27.7 Å². The van der Waals surface area contributed by atoms with Crippen molar-refractivity contribution in [1.82, 2.24) is 0 Å². The molecule has 0 bridgehead atoms. The third kappa shape index (κ3) is 2.25. The van der Waals surface area contributed by atoms with Gasteiger partial charge in [0.25, 0.3) is 0 Å². The van der Waals surface area contributed by atoms with Crippen LogP contribution in [0.25, 0.3) is 0 Å². The maximum Gasteiger partial charge on any atom is 0.122 e. The summed E-state index contributed by atoms with van der Waals surface area (Å²) in [5.41, 5.74) is 8.45. The smallest absolute Gasteiger partial charge is 0.122 e. The average molecular weight is 280 g/mol. The molecule has 0 N–H and O–H groups in total. The van der Waals surface area contributed by atoms with Crippen molar-refractivity contribution < 1.29 is 4.74 Å². The van der Waals surface area contributed by atoms with Gasteiger partial charge in [-0.3, -0.25) is 0 Å². The Morgan fingerprint density at radius 1 is 0.905 bits per heavy atom. The first-order valence-corrected chi connectivity index (χ1v) is 7.79. The van der Waals surface area contributed by atoms with Gasteiger partial charge in [-0.2, -0.15) is 0 Å². The van der Waals surface area contributed by atoms with Gasteiger partial charge in [-0.15, -0.1) is 0 Å². The molecule has 110 valence electrons. The molecule has 1 heteroatoms. The maximum atomic E-state index is 6.03. The third-order valence-electron chi connectivity index (χ3n) is 5.35. The molecule has 0 radical (unpaired) electrons. The van der Waals surface area contributed by atoms with E-state index in [-0.39, 0.29) is 0 Å². The van der Waals surface area contributed by atoms with E-state index in [4.69, 9.17) is 4.74 Å². The predicted octanol–water partition coefficient (Wildman–Crippen LogP) is 5.20. The zero-order chi connectivity index (χ0) is 15.1. The van der Waals surface area contributed by atoms with E-state index in [0.717, 1.165) is 12.4 Å². The van der Waals surface area contributed by atoms with Crippen LogP contribution in [0.2, 0.25) is 0 Å². The first-order valence-electron chi connectivity index (χ1n) is 7.79. The van der Waals surface area contributed by atoms with Gasteiger partial charge in [0, 0.05) is 5.92 Å². The molecule has 1 aliphatic rings. The van der Waals surface area contributed by atoms with E-state index in [1.807, 2.05) is 0 Å². The number of hydrogen-bond acceptors (Lipinski definition) is 1. The molecule has 0 fully saturated rings. The minimum absolute atomic E-state index is 0.442. The van der Waals surface area contributed by atoms with E-state index in [9.17, 15) is 0 Å². The van der Waals surface area contributed by atoms with Crippen molar-refractivity contribution in [2.24, 2.45) is 0 Å². The van der Waals surface area contributed by atoms with Crippen LogP contribution in [-0.2, 0) is 0 Å². The van der Waals surface area contributed by atoms with E-state index in [2.05, 4.69) is 65.0 Å². The molecular weight excluding hydrogens is 256 g/mol. The maximum absolute atomic E-state index is 6.03. The molecule has 2 aromatic carbocycles. The molecule has 2 atom stereocenters. The van der Waals surface area contributed by atoms with Crippen LogP contribution in [0.5, 0.6) is 5.75 Å². The second-order valence-corrected chi connectivity index (χ2v) is 6.40. The van der Waals surface area contributed by atoms with Gasteiger partial charge in [0.2, 0.25) is 0 Å². The number of ether oxygens (including phenoxy) is 1. The van der Waals surface area contributed by atoms with Crippen molar-refractivity contribution in [3.63, 3.8) is 0 Å². The van der Waals surface area contributed by atoms with Gasteiger partial charge >= 0.3 is 0 Å². The summed E-state index contributed by atoms with van der Waals surface area (Å²) in [6.07, 6.45) is 0. The van der Waals surface area contributed by atoms with Crippen molar-refractivity contribution in [1.29, 1.82) is 0 Å². The standard InChI is InChI=1S/C20H24O/c1-12-10-18(15(4)14(3)13(12)2)19-11-21-20-9-7-6-8-17(20)16(19)5/h6-10,16,19H,11H2,1-5H3/t16-,19?/m1/s1. The highest BCUT2D eigenvalue weighted by Crippen LogP contribution is 2.43. The summed E-state index contributed by atoms with van der Waals surface area (Å²) in [7, 11) is 0. The third-order valence-corrected chi connectivity index (χ3v) is 5.35. The number of hydrogen-bond donors (Lipinski definition) is 0. The van der Waals surface area contributed by atoms with Crippen LogP contribution >= 0.6 is 0 Å². The zero-order valence-corrected chi connectivity index (χ0v) is 13.7. The Labute approximate surface area is 128 Å². The van der Waals surface area contributed by atoms with E-state index >= 15 is 0 Å². The molecule has 1 nitrogen and oxygen atoms in total. The van der Waals surface area contributed by atoms with Crippen LogP contribution in [0.1, 0.15) is 52.1 Å². The zero-order valence-electron chi connectivity index (χ0n) is 13.7. The van der Waals surface area contributed by atoms with Crippen LogP contribution < -0.4 is 4.74 Å². The van der Waals surface area contributed by atoms with Crippen molar-refractivity contribution >= 4 is 0 Å². The SMILES string of the molecule is Cc1cc(C2COc3ccccc3[C@H]2C)c(C)c(C)c1C. The lowest BCUT2D eigenvalue weighted by Crippen LogP contribution is -2.23. The molecule has 0 saturated heterocycles. The first-order chi connectivity index (χ1) is 10.0. The van der Waals surface area contributed by atoms with Crippen molar-refractivity contribution in [3.8, 4) is 5.75 Å². The number of para-hydroxylation sites is 1. The highest BCUT2D eigenvalue weighted by molar-refractivity contribution is 5.48. The first kappa shape index (κ1) is 14.2. The monoisotopic (exact) mass is 280 g/mol. The molecule has 1 heterocycles. The predicted molar refractivity (Wildman–Crippen MR) is 88.5 cm³/mol. The summed E-state index contributed by atoms with van der Waals surface area (Å²) in [5, 5.41) is 0. The van der Waals surface area contributed by atoms with Crippen molar-refractivity contribution in [3.05, 3.63) is 63.7 Å². The summed E-state index contributed by atoms with van der Waals surface area (Å²) in [6.45, 7) is 12.0. The van der Waals surface area contributed by atoms with Gasteiger partial charge in [-0.1, -0.05) is 31.2 Å². The van der Waals surface area contributed by atoms with Gasteiger partial charge in [-0.05, 0) is 73.1 Å². The molecule has 1 aliphatic heterocycles. The number of rotatable bonds is 1. The molecule has 3 rings (SSSR count). The van der Waals surface area contributed by atoms with Crippen molar-refractivity contribution in [2.45, 2.75) is 46.5 Å². The summed E-state index contributed by atoms with van der Waals surface area (Å²) < 4.78 is 6.03. The summed E-state index contributed by atoms with van der Waals surface area (Å²) in [5.74, 6) is 1.99. The van der Waals surface area contributed by atoms with Crippen LogP contribution in [0.3, 0.4) is 0 Å². The number of fused-ring (bicyclic) bond motifs is 1. The Morgan fingerprint density at radius 3 is 2.38 bits per heavy atom. The summed E-state index contributed by atoms with van der Waals surface area (Å²) >= 11 is 0. The van der Waals surface area contributed by atoms with E-state index < -0.39 is 0 Å². The van der Waals surface area contributed by atoms with Gasteiger partial charge < -0.3 is 4.74 Å². The van der Waals surface area contributed by atoms with E-state index in [1.165, 1.54) is 33.4 Å². The quantitative estimate of drug-likeness (QED) is 0.697. The number of aryl methyl sites for hydroxylation is 1. The molecule has 21 heavy (non-hydrogen) atoms. The Balaban J connectivity index is 2.07. The molecule has 1 unspecified atom stereocenters. The molecule has 0 amide bonds.